The average molecular weight is 421 g/mol. The maximum atomic E-state index is 13.6. The number of halogens is 4. The topological polar surface area (TPSA) is 100 Å². The maximum Gasteiger partial charge on any atom is 0.416 e. The van der Waals surface area contributed by atoms with E-state index in [0.717, 1.165) is 18.3 Å². The normalized spacial score (nSPS) is 13.0. The molecule has 4 aromatic rings. The van der Waals surface area contributed by atoms with E-state index in [4.69, 9.17) is 0 Å². The summed E-state index contributed by atoms with van der Waals surface area (Å²) in [7, 11) is 0. The van der Waals surface area contributed by atoms with Crippen molar-refractivity contribution in [3.63, 3.8) is 0 Å². The number of pyridine rings is 1. The van der Waals surface area contributed by atoms with Crippen molar-refractivity contribution in [1.29, 1.82) is 0 Å². The van der Waals surface area contributed by atoms with Gasteiger partial charge in [-0.3, -0.25) is 0 Å². The highest BCUT2D eigenvalue weighted by atomic mass is 19.4. The minimum Gasteiger partial charge on any atom is -0.366 e. The van der Waals surface area contributed by atoms with Gasteiger partial charge in [-0.1, -0.05) is 0 Å². The Bertz CT molecular complexity index is 1280. The summed E-state index contributed by atoms with van der Waals surface area (Å²) in [5, 5.41) is 12.1. The first-order chi connectivity index (χ1) is 14.2. The number of hydrogen-bond acceptors (Lipinski definition) is 6. The molecule has 0 saturated heterocycles. The van der Waals surface area contributed by atoms with Crippen molar-refractivity contribution in [2.45, 2.75) is 19.1 Å². The van der Waals surface area contributed by atoms with Crippen LogP contribution in [0.3, 0.4) is 0 Å². The molecule has 0 bridgehead atoms. The lowest BCUT2D eigenvalue weighted by Gasteiger charge is -2.17. The second kappa shape index (κ2) is 7.28. The van der Waals surface area contributed by atoms with Gasteiger partial charge in [0.25, 0.3) is 0 Å². The van der Waals surface area contributed by atoms with Crippen LogP contribution >= 0.6 is 0 Å². The van der Waals surface area contributed by atoms with E-state index in [1.54, 1.807) is 6.92 Å². The number of rotatable bonds is 5. The number of nitrogens with zero attached hydrogens (tertiary/aromatic N) is 4. The molecule has 1 unspecified atom stereocenters. The zero-order valence-corrected chi connectivity index (χ0v) is 15.5. The van der Waals surface area contributed by atoms with Crippen LogP contribution in [0.15, 0.2) is 41.3 Å². The summed E-state index contributed by atoms with van der Waals surface area (Å²) in [5.74, 6) is -0.189. The van der Waals surface area contributed by atoms with Gasteiger partial charge in [-0.2, -0.15) is 13.2 Å². The minimum atomic E-state index is -4.46. The molecule has 1 aromatic carbocycles. The van der Waals surface area contributed by atoms with Crippen LogP contribution in [0.5, 0.6) is 0 Å². The van der Waals surface area contributed by atoms with Gasteiger partial charge < -0.3 is 10.6 Å². The zero-order valence-electron chi connectivity index (χ0n) is 15.5. The third-order valence-electron chi connectivity index (χ3n) is 4.35. The van der Waals surface area contributed by atoms with Gasteiger partial charge in [-0.25, -0.2) is 28.7 Å². The van der Waals surface area contributed by atoms with Gasteiger partial charge >= 0.3 is 11.9 Å². The molecule has 0 saturated carbocycles. The lowest BCUT2D eigenvalue weighted by Crippen LogP contribution is -2.26. The molecule has 0 aliphatic carbocycles. The SMILES string of the molecule is CC(CNc1nc2ccc(F)cc2n2c(=O)[nH]nc12)Nc1cc(C(F)(F)F)ccn1. The van der Waals surface area contributed by atoms with Crippen LogP contribution in [0, 0.1) is 5.82 Å². The van der Waals surface area contributed by atoms with E-state index in [2.05, 4.69) is 30.8 Å². The monoisotopic (exact) mass is 421 g/mol. The first-order valence-corrected chi connectivity index (χ1v) is 8.82. The summed E-state index contributed by atoms with van der Waals surface area (Å²) in [5.41, 5.74) is -0.558. The summed E-state index contributed by atoms with van der Waals surface area (Å²) < 4.78 is 53.3. The minimum absolute atomic E-state index is 0.0715. The van der Waals surface area contributed by atoms with Crippen LogP contribution in [0.4, 0.5) is 29.2 Å². The van der Waals surface area contributed by atoms with Crippen molar-refractivity contribution in [3.05, 3.63) is 58.4 Å². The summed E-state index contributed by atoms with van der Waals surface area (Å²) in [4.78, 5) is 20.4. The molecule has 12 heteroatoms. The van der Waals surface area contributed by atoms with Gasteiger partial charge in [0, 0.05) is 24.8 Å². The van der Waals surface area contributed by atoms with Gasteiger partial charge in [-0.05, 0) is 31.2 Å². The molecule has 3 aromatic heterocycles. The molecule has 0 spiro atoms. The van der Waals surface area contributed by atoms with E-state index in [1.165, 1.54) is 22.6 Å². The fraction of sp³-hybridized carbons (Fsp3) is 0.222. The lowest BCUT2D eigenvalue weighted by atomic mass is 10.2. The van der Waals surface area contributed by atoms with E-state index < -0.39 is 23.2 Å². The Morgan fingerprint density at radius 2 is 2.03 bits per heavy atom. The summed E-state index contributed by atoms with van der Waals surface area (Å²) in [6.45, 7) is 1.97. The maximum absolute atomic E-state index is 13.6. The third-order valence-corrected chi connectivity index (χ3v) is 4.35. The summed E-state index contributed by atoms with van der Waals surface area (Å²) >= 11 is 0. The number of aromatic nitrogens is 5. The van der Waals surface area contributed by atoms with Crippen molar-refractivity contribution >= 4 is 28.3 Å². The van der Waals surface area contributed by atoms with Gasteiger partial charge in [0.05, 0.1) is 16.6 Å². The Hall–Kier alpha value is -3.70. The first kappa shape index (κ1) is 19.6. The molecular formula is C18H15F4N7O. The Morgan fingerprint density at radius 1 is 1.23 bits per heavy atom. The number of alkyl halides is 3. The van der Waals surface area contributed by atoms with E-state index in [0.29, 0.717) is 5.52 Å². The van der Waals surface area contributed by atoms with Crippen LogP contribution in [-0.2, 0) is 6.18 Å². The fourth-order valence-corrected chi connectivity index (χ4v) is 2.98. The Balaban J connectivity index is 1.56. The average Bonchev–Trinajstić information content (AvgIpc) is 3.08. The molecule has 4 rings (SSSR count). The molecular weight excluding hydrogens is 406 g/mol. The van der Waals surface area contributed by atoms with Crippen molar-refractivity contribution < 1.29 is 17.6 Å². The Labute approximate surface area is 166 Å². The van der Waals surface area contributed by atoms with Gasteiger partial charge in [0.1, 0.15) is 11.6 Å². The highest BCUT2D eigenvalue weighted by molar-refractivity contribution is 5.82. The van der Waals surface area contributed by atoms with Gasteiger partial charge in [0.15, 0.2) is 5.82 Å². The summed E-state index contributed by atoms with van der Waals surface area (Å²) in [6, 6.07) is 5.30. The Morgan fingerprint density at radius 3 is 2.80 bits per heavy atom. The quantitative estimate of drug-likeness (QED) is 0.429. The third kappa shape index (κ3) is 3.75. The molecule has 0 radical (unpaired) electrons. The van der Waals surface area contributed by atoms with Crippen LogP contribution in [0.1, 0.15) is 12.5 Å². The van der Waals surface area contributed by atoms with E-state index in [1.807, 2.05) is 0 Å². The van der Waals surface area contributed by atoms with Crippen molar-refractivity contribution in [3.8, 4) is 0 Å². The van der Waals surface area contributed by atoms with Crippen molar-refractivity contribution in [1.82, 2.24) is 24.6 Å². The molecule has 3 N–H and O–H groups in total. The molecule has 156 valence electrons. The molecule has 0 aliphatic rings. The highest BCUT2D eigenvalue weighted by Gasteiger charge is 2.30. The van der Waals surface area contributed by atoms with E-state index >= 15 is 0 Å². The van der Waals surface area contributed by atoms with E-state index in [-0.39, 0.29) is 35.4 Å². The summed E-state index contributed by atoms with van der Waals surface area (Å²) in [6.07, 6.45) is -3.39. The van der Waals surface area contributed by atoms with Crippen LogP contribution in [0.2, 0.25) is 0 Å². The second-order valence-corrected chi connectivity index (χ2v) is 6.64. The number of hydrogen-bond donors (Lipinski definition) is 3. The largest absolute Gasteiger partial charge is 0.416 e. The molecule has 0 fully saturated rings. The molecule has 1 atom stereocenters. The van der Waals surface area contributed by atoms with E-state index in [9.17, 15) is 22.4 Å². The van der Waals surface area contributed by atoms with Crippen molar-refractivity contribution in [2.24, 2.45) is 0 Å². The molecule has 8 nitrogen and oxygen atoms in total. The fourth-order valence-electron chi connectivity index (χ4n) is 2.98. The van der Waals surface area contributed by atoms with Crippen molar-refractivity contribution in [2.75, 3.05) is 17.2 Å². The first-order valence-electron chi connectivity index (χ1n) is 8.82. The lowest BCUT2D eigenvalue weighted by molar-refractivity contribution is -0.137. The van der Waals surface area contributed by atoms with Crippen LogP contribution < -0.4 is 16.3 Å². The second-order valence-electron chi connectivity index (χ2n) is 6.64. The predicted octanol–water partition coefficient (Wildman–Crippen LogP) is 3.04. The zero-order chi connectivity index (χ0) is 21.5. The van der Waals surface area contributed by atoms with Gasteiger partial charge in [-0.15, -0.1) is 5.10 Å². The smallest absolute Gasteiger partial charge is 0.366 e. The molecule has 0 aliphatic heterocycles. The number of H-pyrrole nitrogens is 1. The molecule has 30 heavy (non-hydrogen) atoms. The van der Waals surface area contributed by atoms with Gasteiger partial charge in [0.2, 0.25) is 5.65 Å². The Kier molecular flexibility index (Phi) is 4.76. The standard InChI is InChI=1S/C18H15F4N7O/c1-9(25-14-6-10(4-5-23-14)18(20,21)22)8-24-15-16-27-28-17(30)29(16)13-7-11(19)2-3-12(13)26-15/h2-7,9H,8H2,1H3,(H,23,25)(H,24,26)(H,28,30). The predicted molar refractivity (Wildman–Crippen MR) is 102 cm³/mol. The number of nitrogens with one attached hydrogen (secondary N) is 3. The molecule has 0 amide bonds. The molecule has 3 heterocycles. The number of aromatic amines is 1. The van der Waals surface area contributed by atoms with Crippen LogP contribution in [-0.4, -0.2) is 37.2 Å². The number of anilines is 2. The van der Waals surface area contributed by atoms with Crippen LogP contribution in [0.25, 0.3) is 16.7 Å². The number of benzene rings is 1. The number of fused-ring (bicyclic) bond motifs is 3. The highest BCUT2D eigenvalue weighted by Crippen LogP contribution is 2.30.